The first-order chi connectivity index (χ1) is 8.09. The lowest BCUT2D eigenvalue weighted by atomic mass is 10.1. The van der Waals surface area contributed by atoms with Crippen LogP contribution in [0.5, 0.6) is 0 Å². The van der Waals surface area contributed by atoms with Gasteiger partial charge in [0.1, 0.15) is 11.9 Å². The van der Waals surface area contributed by atoms with Crippen molar-refractivity contribution in [2.75, 3.05) is 23.4 Å². The summed E-state index contributed by atoms with van der Waals surface area (Å²) in [5.41, 5.74) is 0.263. The molecule has 0 amide bonds. The molecule has 2 heterocycles. The highest BCUT2D eigenvalue weighted by molar-refractivity contribution is 7.91. The summed E-state index contributed by atoms with van der Waals surface area (Å²) in [6, 6.07) is 1.88. The fourth-order valence-electron chi connectivity index (χ4n) is 1.76. The number of rotatable bonds is 3. The molecule has 0 aliphatic carbocycles. The lowest BCUT2D eigenvalue weighted by Gasteiger charge is -2.09. The molecule has 0 saturated carbocycles. The van der Waals surface area contributed by atoms with E-state index in [0.717, 1.165) is 0 Å². The Morgan fingerprint density at radius 2 is 2.29 bits per heavy atom. The van der Waals surface area contributed by atoms with Gasteiger partial charge >= 0.3 is 0 Å². The van der Waals surface area contributed by atoms with Gasteiger partial charge in [0.05, 0.1) is 23.9 Å². The van der Waals surface area contributed by atoms with E-state index in [1.807, 2.05) is 6.07 Å². The summed E-state index contributed by atoms with van der Waals surface area (Å²) in [7, 11) is -2.83. The zero-order valence-electron chi connectivity index (χ0n) is 9.13. The Balaban J connectivity index is 1.88. The maximum Gasteiger partial charge on any atom is 0.158 e. The summed E-state index contributed by atoms with van der Waals surface area (Å²) in [5, 5.41) is 11.6. The van der Waals surface area contributed by atoms with E-state index < -0.39 is 9.84 Å². The number of nitrogens with one attached hydrogen (secondary N) is 1. The van der Waals surface area contributed by atoms with Crippen molar-refractivity contribution in [2.45, 2.75) is 6.42 Å². The van der Waals surface area contributed by atoms with E-state index in [9.17, 15) is 8.42 Å². The molecule has 1 atom stereocenters. The predicted molar refractivity (Wildman–Crippen MR) is 62.0 cm³/mol. The highest BCUT2D eigenvalue weighted by Gasteiger charge is 2.27. The first-order valence-corrected chi connectivity index (χ1v) is 7.07. The minimum absolute atomic E-state index is 0.137. The Morgan fingerprint density at radius 1 is 1.47 bits per heavy atom. The van der Waals surface area contributed by atoms with Gasteiger partial charge < -0.3 is 5.32 Å². The predicted octanol–water partition coefficient (Wildman–Crippen LogP) is 0.195. The van der Waals surface area contributed by atoms with Gasteiger partial charge in [-0.05, 0) is 12.3 Å². The molecule has 1 aromatic rings. The van der Waals surface area contributed by atoms with Crippen LogP contribution in [-0.4, -0.2) is 36.4 Å². The Bertz CT molecular complexity index is 532. The molecule has 1 fully saturated rings. The largest absolute Gasteiger partial charge is 0.368 e. The third-order valence-electron chi connectivity index (χ3n) is 2.66. The molecular formula is C10H12N4O2S. The molecule has 90 valence electrons. The average molecular weight is 252 g/mol. The Hall–Kier alpha value is -1.68. The van der Waals surface area contributed by atoms with E-state index in [1.54, 1.807) is 0 Å². The monoisotopic (exact) mass is 252 g/mol. The summed E-state index contributed by atoms with van der Waals surface area (Å²) in [6.45, 7) is 0.569. The Kier molecular flexibility index (Phi) is 3.24. The number of sulfone groups is 1. The molecule has 0 radical (unpaired) electrons. The maximum absolute atomic E-state index is 11.2. The molecule has 7 heteroatoms. The van der Waals surface area contributed by atoms with Crippen LogP contribution in [0.4, 0.5) is 5.82 Å². The van der Waals surface area contributed by atoms with Crippen molar-refractivity contribution >= 4 is 15.7 Å². The first kappa shape index (κ1) is 11.8. The van der Waals surface area contributed by atoms with Crippen molar-refractivity contribution in [2.24, 2.45) is 5.92 Å². The number of hydrogen-bond donors (Lipinski definition) is 1. The summed E-state index contributed by atoms with van der Waals surface area (Å²) in [6.07, 6.45) is 3.55. The summed E-state index contributed by atoms with van der Waals surface area (Å²) in [4.78, 5) is 7.87. The lowest BCUT2D eigenvalue weighted by molar-refractivity contribution is 0.595. The van der Waals surface area contributed by atoms with Crippen LogP contribution in [0.3, 0.4) is 0 Å². The minimum Gasteiger partial charge on any atom is -0.368 e. The molecule has 17 heavy (non-hydrogen) atoms. The van der Waals surface area contributed by atoms with Gasteiger partial charge in [-0.3, -0.25) is 0 Å². The quantitative estimate of drug-likeness (QED) is 0.825. The van der Waals surface area contributed by atoms with E-state index in [-0.39, 0.29) is 23.1 Å². The second-order valence-corrected chi connectivity index (χ2v) is 6.28. The second-order valence-electron chi connectivity index (χ2n) is 4.05. The SMILES string of the molecule is N#Cc1cnc(NCC2CCS(=O)(=O)C2)cn1. The fourth-order valence-corrected chi connectivity index (χ4v) is 3.62. The molecule has 1 N–H and O–H groups in total. The van der Waals surface area contributed by atoms with E-state index in [0.29, 0.717) is 18.8 Å². The van der Waals surface area contributed by atoms with Gasteiger partial charge in [0, 0.05) is 6.54 Å². The van der Waals surface area contributed by atoms with Crippen LogP contribution in [0.15, 0.2) is 12.4 Å². The Labute approximate surface area is 99.6 Å². The first-order valence-electron chi connectivity index (χ1n) is 5.25. The van der Waals surface area contributed by atoms with Crippen molar-refractivity contribution < 1.29 is 8.42 Å². The van der Waals surface area contributed by atoms with Gasteiger partial charge in [0.2, 0.25) is 0 Å². The van der Waals surface area contributed by atoms with Crippen LogP contribution in [0.1, 0.15) is 12.1 Å². The maximum atomic E-state index is 11.2. The van der Waals surface area contributed by atoms with Crippen LogP contribution in [0, 0.1) is 17.2 Å². The fraction of sp³-hybridized carbons (Fsp3) is 0.500. The molecule has 1 aromatic heterocycles. The molecule has 1 aliphatic heterocycles. The van der Waals surface area contributed by atoms with Crippen LogP contribution in [0.2, 0.25) is 0 Å². The van der Waals surface area contributed by atoms with Crippen molar-refractivity contribution in [3.8, 4) is 6.07 Å². The topological polar surface area (TPSA) is 95.7 Å². The number of nitrogens with zero attached hydrogens (tertiary/aromatic N) is 3. The number of aromatic nitrogens is 2. The average Bonchev–Trinajstić information content (AvgIpc) is 2.67. The summed E-state index contributed by atoms with van der Waals surface area (Å²) < 4.78 is 22.5. The standard InChI is InChI=1S/C10H12N4O2S/c11-3-9-5-14-10(6-12-9)13-4-8-1-2-17(15,16)7-8/h5-6,8H,1-2,4,7H2,(H,13,14). The second kappa shape index (κ2) is 4.67. The summed E-state index contributed by atoms with van der Waals surface area (Å²) in [5.74, 6) is 1.22. The van der Waals surface area contributed by atoms with Crippen molar-refractivity contribution in [1.29, 1.82) is 5.26 Å². The van der Waals surface area contributed by atoms with Gasteiger partial charge in [0.25, 0.3) is 0 Å². The molecule has 0 bridgehead atoms. The van der Waals surface area contributed by atoms with E-state index >= 15 is 0 Å². The number of anilines is 1. The molecule has 0 aromatic carbocycles. The third-order valence-corrected chi connectivity index (χ3v) is 4.50. The lowest BCUT2D eigenvalue weighted by Crippen LogP contribution is -2.16. The van der Waals surface area contributed by atoms with Crippen molar-refractivity contribution in [3.05, 3.63) is 18.1 Å². The van der Waals surface area contributed by atoms with Crippen molar-refractivity contribution in [1.82, 2.24) is 9.97 Å². The molecule has 1 saturated heterocycles. The zero-order valence-corrected chi connectivity index (χ0v) is 9.94. The van der Waals surface area contributed by atoms with Crippen molar-refractivity contribution in [3.63, 3.8) is 0 Å². The smallest absolute Gasteiger partial charge is 0.158 e. The minimum atomic E-state index is -2.83. The molecule has 1 unspecified atom stereocenters. The van der Waals surface area contributed by atoms with Gasteiger partial charge in [0.15, 0.2) is 15.5 Å². The number of nitriles is 1. The van der Waals surface area contributed by atoms with E-state index in [2.05, 4.69) is 15.3 Å². The van der Waals surface area contributed by atoms with E-state index in [1.165, 1.54) is 12.4 Å². The molecule has 1 aliphatic rings. The van der Waals surface area contributed by atoms with Crippen LogP contribution in [-0.2, 0) is 9.84 Å². The number of hydrogen-bond acceptors (Lipinski definition) is 6. The van der Waals surface area contributed by atoms with Gasteiger partial charge in [-0.1, -0.05) is 0 Å². The van der Waals surface area contributed by atoms with Crippen LogP contribution < -0.4 is 5.32 Å². The molecule has 6 nitrogen and oxygen atoms in total. The summed E-state index contributed by atoms with van der Waals surface area (Å²) >= 11 is 0. The highest BCUT2D eigenvalue weighted by Crippen LogP contribution is 2.18. The molecule has 0 spiro atoms. The van der Waals surface area contributed by atoms with Crippen LogP contribution in [0.25, 0.3) is 0 Å². The normalized spacial score (nSPS) is 21.9. The molecular weight excluding hydrogens is 240 g/mol. The van der Waals surface area contributed by atoms with Crippen LogP contribution >= 0.6 is 0 Å². The van der Waals surface area contributed by atoms with Gasteiger partial charge in [-0.2, -0.15) is 5.26 Å². The molecule has 2 rings (SSSR count). The third kappa shape index (κ3) is 3.14. The van der Waals surface area contributed by atoms with Gasteiger partial charge in [-0.15, -0.1) is 0 Å². The van der Waals surface area contributed by atoms with E-state index in [4.69, 9.17) is 5.26 Å². The van der Waals surface area contributed by atoms with Gasteiger partial charge in [-0.25, -0.2) is 18.4 Å². The highest BCUT2D eigenvalue weighted by atomic mass is 32.2. The zero-order chi connectivity index (χ0) is 12.3. The Morgan fingerprint density at radius 3 is 2.82 bits per heavy atom.